The van der Waals surface area contributed by atoms with E-state index in [-0.39, 0.29) is 6.07 Å². The van der Waals surface area contributed by atoms with Gasteiger partial charge in [-0.05, 0) is 18.6 Å². The Bertz CT molecular complexity index is 1090. The second kappa shape index (κ2) is 7.47. The number of aryl methyl sites for hydroxylation is 1. The number of halogens is 8. The number of nitrogens with two attached hydrogens (primary N) is 1. The average Bonchev–Trinajstić information content (AvgIpc) is 2.55. The van der Waals surface area contributed by atoms with Crippen LogP contribution in [0.1, 0.15) is 16.7 Å². The number of hydrogen-bond acceptors (Lipinski definition) is 5. The molecule has 2 rings (SSSR count). The Morgan fingerprint density at radius 3 is 1.73 bits per heavy atom. The lowest BCUT2D eigenvalue weighted by Gasteiger charge is -2.18. The summed E-state index contributed by atoms with van der Waals surface area (Å²) in [6.45, 7) is 0.969. The summed E-state index contributed by atoms with van der Waals surface area (Å²) < 4.78 is 78.8. The molecule has 0 unspecified atom stereocenters. The van der Waals surface area contributed by atoms with Crippen molar-refractivity contribution in [3.8, 4) is 11.1 Å². The Morgan fingerprint density at radius 2 is 1.33 bits per heavy atom. The summed E-state index contributed by atoms with van der Waals surface area (Å²) in [4.78, 5) is 20.1. The van der Waals surface area contributed by atoms with E-state index in [9.17, 15) is 46.6 Å². The van der Waals surface area contributed by atoms with E-state index >= 15 is 0 Å². The third-order valence-corrected chi connectivity index (χ3v) is 4.75. The second-order valence-electron chi connectivity index (χ2n) is 5.83. The predicted molar refractivity (Wildman–Crippen MR) is 94.4 cm³/mol. The molecule has 0 saturated heterocycles. The van der Waals surface area contributed by atoms with Gasteiger partial charge in [0.15, 0.2) is 0 Å². The highest BCUT2D eigenvalue weighted by Gasteiger charge is 2.44. The van der Waals surface area contributed by atoms with Crippen molar-refractivity contribution in [3.63, 3.8) is 0 Å². The lowest BCUT2D eigenvalue weighted by molar-refractivity contribution is -0.393. The predicted octanol–water partition coefficient (Wildman–Crippen LogP) is 6.41. The van der Waals surface area contributed by atoms with Gasteiger partial charge >= 0.3 is 18.0 Å². The molecular formula is C15H7Cl2F6N3O4. The van der Waals surface area contributed by atoms with Crippen molar-refractivity contribution >= 4 is 40.3 Å². The molecule has 0 aliphatic rings. The first-order chi connectivity index (χ1) is 13.5. The fraction of sp³-hybridized carbons (Fsp3) is 0.200. The molecule has 0 saturated carbocycles. The van der Waals surface area contributed by atoms with Crippen LogP contribution in [0, 0.1) is 27.2 Å². The molecule has 2 N–H and O–H groups in total. The van der Waals surface area contributed by atoms with Crippen LogP contribution in [0.2, 0.25) is 10.0 Å². The summed E-state index contributed by atoms with van der Waals surface area (Å²) in [7, 11) is 0. The Labute approximate surface area is 172 Å². The van der Waals surface area contributed by atoms with Crippen LogP contribution in [0.15, 0.2) is 12.1 Å². The van der Waals surface area contributed by atoms with E-state index in [2.05, 4.69) is 0 Å². The number of benzene rings is 2. The van der Waals surface area contributed by atoms with Gasteiger partial charge in [-0.2, -0.15) is 26.3 Å². The van der Waals surface area contributed by atoms with Gasteiger partial charge in [0.25, 0.3) is 5.69 Å². The van der Waals surface area contributed by atoms with E-state index in [1.165, 1.54) is 0 Å². The van der Waals surface area contributed by atoms with Crippen LogP contribution < -0.4 is 5.73 Å². The molecule has 0 spiro atoms. The summed E-state index contributed by atoms with van der Waals surface area (Å²) in [6, 6.07) is 0.349. The summed E-state index contributed by atoms with van der Waals surface area (Å²) in [5.41, 5.74) is -3.97. The molecule has 7 nitrogen and oxygen atoms in total. The minimum atomic E-state index is -5.30. The van der Waals surface area contributed by atoms with Crippen molar-refractivity contribution in [1.82, 2.24) is 0 Å². The van der Waals surface area contributed by atoms with Gasteiger partial charge in [0, 0.05) is 11.6 Å². The van der Waals surface area contributed by atoms with Gasteiger partial charge in [-0.3, -0.25) is 20.2 Å². The molecule has 0 aromatic heterocycles. The Morgan fingerprint density at radius 1 is 0.867 bits per heavy atom. The largest absolute Gasteiger partial charge is 0.418 e. The summed E-state index contributed by atoms with van der Waals surface area (Å²) in [5.74, 6) is 0. The number of alkyl halides is 6. The number of rotatable bonds is 3. The van der Waals surface area contributed by atoms with Gasteiger partial charge < -0.3 is 5.73 Å². The van der Waals surface area contributed by atoms with Gasteiger partial charge in [-0.1, -0.05) is 23.2 Å². The van der Waals surface area contributed by atoms with Crippen LogP contribution in [0.25, 0.3) is 11.1 Å². The van der Waals surface area contributed by atoms with E-state index in [0.29, 0.717) is 6.07 Å². The zero-order valence-electron chi connectivity index (χ0n) is 14.3. The van der Waals surface area contributed by atoms with Crippen LogP contribution in [-0.4, -0.2) is 9.85 Å². The highest BCUT2D eigenvalue weighted by atomic mass is 35.5. The lowest BCUT2D eigenvalue weighted by atomic mass is 9.92. The van der Waals surface area contributed by atoms with Gasteiger partial charge in [-0.25, -0.2) is 0 Å². The average molecular weight is 478 g/mol. The van der Waals surface area contributed by atoms with Gasteiger partial charge in [0.2, 0.25) is 0 Å². The molecule has 0 fully saturated rings. The fourth-order valence-corrected chi connectivity index (χ4v) is 3.34. The number of nitro benzene ring substituents is 2. The third-order valence-electron chi connectivity index (χ3n) is 3.96. The molecule has 0 atom stereocenters. The van der Waals surface area contributed by atoms with Crippen molar-refractivity contribution < 1.29 is 36.2 Å². The Hall–Kier alpha value is -2.80. The van der Waals surface area contributed by atoms with Gasteiger partial charge in [-0.15, -0.1) is 0 Å². The molecule has 2 aromatic rings. The van der Waals surface area contributed by atoms with Crippen LogP contribution in [0.3, 0.4) is 0 Å². The summed E-state index contributed by atoms with van der Waals surface area (Å²) in [5, 5.41) is 20.3. The zero-order chi connectivity index (χ0) is 23.3. The lowest BCUT2D eigenvalue weighted by Crippen LogP contribution is -2.12. The van der Waals surface area contributed by atoms with E-state index in [0.717, 1.165) is 6.92 Å². The SMILES string of the molecule is Cc1cc(C(F)(F)F)c(Cl)c(N)c1-c1c([N+](=O)[O-])cc(C(F)(F)F)c(Cl)c1[N+](=O)[O-]. The Kier molecular flexibility index (Phi) is 5.84. The second-order valence-corrected chi connectivity index (χ2v) is 6.59. The van der Waals surface area contributed by atoms with Crippen molar-refractivity contribution in [3.05, 3.63) is 59.1 Å². The van der Waals surface area contributed by atoms with Gasteiger partial charge in [0.1, 0.15) is 10.6 Å². The standard InChI is InChI=1S/C15H7Cl2F6N3O4/c1-4-2-5(14(18,19)20)10(16)12(24)8(4)9-7(25(27)28)3-6(15(21,22)23)11(17)13(9)26(29)30/h2-3H,24H2,1H3. The first-order valence-corrected chi connectivity index (χ1v) is 8.14. The number of hydrogen-bond donors (Lipinski definition) is 1. The minimum absolute atomic E-state index is 0.0604. The van der Waals surface area contributed by atoms with E-state index < -0.39 is 77.1 Å². The molecule has 162 valence electrons. The topological polar surface area (TPSA) is 112 Å². The normalized spacial score (nSPS) is 12.2. The van der Waals surface area contributed by atoms with Gasteiger partial charge in [0.05, 0.1) is 31.7 Å². The maximum atomic E-state index is 13.2. The smallest absolute Gasteiger partial charge is 0.397 e. The van der Waals surface area contributed by atoms with Crippen molar-refractivity contribution in [2.45, 2.75) is 19.3 Å². The molecule has 0 aliphatic carbocycles. The zero-order valence-corrected chi connectivity index (χ0v) is 15.8. The number of nitrogen functional groups attached to an aromatic ring is 1. The molecular weight excluding hydrogens is 471 g/mol. The molecule has 15 heteroatoms. The highest BCUT2D eigenvalue weighted by molar-refractivity contribution is 6.36. The first kappa shape index (κ1) is 23.5. The first-order valence-electron chi connectivity index (χ1n) is 7.38. The highest BCUT2D eigenvalue weighted by Crippen LogP contribution is 2.52. The number of nitrogens with zero attached hydrogens (tertiary/aromatic N) is 2. The minimum Gasteiger partial charge on any atom is -0.397 e. The quantitative estimate of drug-likeness (QED) is 0.237. The third kappa shape index (κ3) is 3.94. The molecule has 0 aliphatic heterocycles. The fourth-order valence-electron chi connectivity index (χ4n) is 2.76. The molecule has 2 aromatic carbocycles. The molecule has 30 heavy (non-hydrogen) atoms. The summed E-state index contributed by atoms with van der Waals surface area (Å²) >= 11 is 11.1. The Balaban J connectivity index is 3.13. The molecule has 0 radical (unpaired) electrons. The van der Waals surface area contributed by atoms with E-state index in [1.807, 2.05) is 0 Å². The summed E-state index contributed by atoms with van der Waals surface area (Å²) in [6.07, 6.45) is -10.3. The maximum absolute atomic E-state index is 13.2. The van der Waals surface area contributed by atoms with Crippen molar-refractivity contribution in [2.75, 3.05) is 5.73 Å². The van der Waals surface area contributed by atoms with Crippen molar-refractivity contribution in [1.29, 1.82) is 0 Å². The number of nitro groups is 2. The maximum Gasteiger partial charge on any atom is 0.418 e. The van der Waals surface area contributed by atoms with Crippen LogP contribution in [-0.2, 0) is 12.4 Å². The molecule has 0 bridgehead atoms. The molecule has 0 amide bonds. The molecule has 0 heterocycles. The van der Waals surface area contributed by atoms with Crippen LogP contribution in [0.4, 0.5) is 43.4 Å². The van der Waals surface area contributed by atoms with E-state index in [1.54, 1.807) is 0 Å². The monoisotopic (exact) mass is 477 g/mol. The van der Waals surface area contributed by atoms with Crippen molar-refractivity contribution in [2.24, 2.45) is 0 Å². The number of anilines is 1. The van der Waals surface area contributed by atoms with Crippen LogP contribution in [0.5, 0.6) is 0 Å². The van der Waals surface area contributed by atoms with Crippen LogP contribution >= 0.6 is 23.2 Å². The van der Waals surface area contributed by atoms with E-state index in [4.69, 9.17) is 28.9 Å².